The molecule has 168 valence electrons. The van der Waals surface area contributed by atoms with Crippen LogP contribution in [0.2, 0.25) is 5.02 Å². The average Bonchev–Trinajstić information content (AvgIpc) is 3.36. The summed E-state index contributed by atoms with van der Waals surface area (Å²) in [5.41, 5.74) is 3.53. The highest BCUT2D eigenvalue weighted by Crippen LogP contribution is 2.29. The second-order valence-electron chi connectivity index (χ2n) is 7.43. The normalized spacial score (nSPS) is 10.6. The highest BCUT2D eigenvalue weighted by Gasteiger charge is 2.13. The van der Waals surface area contributed by atoms with Crippen LogP contribution in [0.4, 0.5) is 0 Å². The molecule has 0 radical (unpaired) electrons. The molecule has 1 aromatic heterocycles. The molecule has 0 bridgehead atoms. The number of hydrogen-bond acceptors (Lipinski definition) is 4. The van der Waals surface area contributed by atoms with Crippen molar-refractivity contribution >= 4 is 17.5 Å². The van der Waals surface area contributed by atoms with Crippen molar-refractivity contribution in [2.75, 3.05) is 7.11 Å². The number of benzene rings is 3. The summed E-state index contributed by atoms with van der Waals surface area (Å²) in [4.78, 5) is 16.9. The quantitative estimate of drug-likeness (QED) is 0.376. The molecule has 3 aromatic carbocycles. The van der Waals surface area contributed by atoms with Gasteiger partial charge in [-0.15, -0.1) is 0 Å². The Labute approximate surface area is 197 Å². The maximum atomic E-state index is 12.8. The standard InChI is InChI=1S/C26H24ClN3O3/c1-32-25-14-19(10-11-24(25)33-17-22-8-4-5-9-23(22)27)26(31)29-15-20-6-2-3-7-21(20)16-30-13-12-28-18-30/h2-14,18H,15-17H2,1H3,(H,29,31). The Bertz CT molecular complexity index is 1230. The Morgan fingerprint density at radius 3 is 2.48 bits per heavy atom. The molecule has 0 spiro atoms. The fourth-order valence-electron chi connectivity index (χ4n) is 3.44. The van der Waals surface area contributed by atoms with E-state index in [1.165, 1.54) is 0 Å². The molecule has 0 unspecified atom stereocenters. The highest BCUT2D eigenvalue weighted by atomic mass is 35.5. The van der Waals surface area contributed by atoms with Gasteiger partial charge in [0.1, 0.15) is 6.61 Å². The number of ether oxygens (including phenoxy) is 2. The van der Waals surface area contributed by atoms with Gasteiger partial charge in [0.15, 0.2) is 11.5 Å². The van der Waals surface area contributed by atoms with Gasteiger partial charge in [0.25, 0.3) is 5.91 Å². The number of imidazole rings is 1. The fraction of sp³-hybridized carbons (Fsp3) is 0.154. The zero-order valence-corrected chi connectivity index (χ0v) is 19.0. The van der Waals surface area contributed by atoms with E-state index in [1.807, 2.05) is 53.2 Å². The van der Waals surface area contributed by atoms with Crippen LogP contribution in [0.15, 0.2) is 85.5 Å². The van der Waals surface area contributed by atoms with Crippen molar-refractivity contribution in [1.29, 1.82) is 0 Å². The van der Waals surface area contributed by atoms with Gasteiger partial charge in [0.05, 0.1) is 13.4 Å². The molecule has 0 aliphatic heterocycles. The number of carbonyl (C=O) groups excluding carboxylic acids is 1. The third kappa shape index (κ3) is 5.73. The van der Waals surface area contributed by atoms with Crippen LogP contribution in [-0.4, -0.2) is 22.6 Å². The summed E-state index contributed by atoms with van der Waals surface area (Å²) < 4.78 is 13.3. The van der Waals surface area contributed by atoms with Crippen LogP contribution in [0.1, 0.15) is 27.0 Å². The van der Waals surface area contributed by atoms with E-state index in [0.717, 1.165) is 16.7 Å². The van der Waals surface area contributed by atoms with Crippen molar-refractivity contribution in [3.63, 3.8) is 0 Å². The number of hydrogen-bond donors (Lipinski definition) is 1. The van der Waals surface area contributed by atoms with E-state index in [2.05, 4.69) is 16.4 Å². The maximum absolute atomic E-state index is 12.8. The minimum absolute atomic E-state index is 0.191. The Morgan fingerprint density at radius 1 is 1.00 bits per heavy atom. The van der Waals surface area contributed by atoms with Crippen molar-refractivity contribution in [3.05, 3.63) is 113 Å². The first-order valence-electron chi connectivity index (χ1n) is 10.5. The smallest absolute Gasteiger partial charge is 0.251 e. The minimum Gasteiger partial charge on any atom is -0.493 e. The van der Waals surface area contributed by atoms with Crippen LogP contribution in [0, 0.1) is 0 Å². The molecule has 1 heterocycles. The SMILES string of the molecule is COc1cc(C(=O)NCc2ccccc2Cn2ccnc2)ccc1OCc1ccccc1Cl. The lowest BCUT2D eigenvalue weighted by Gasteiger charge is -2.14. The summed E-state index contributed by atoms with van der Waals surface area (Å²) in [6, 6.07) is 20.6. The summed E-state index contributed by atoms with van der Waals surface area (Å²) >= 11 is 6.20. The van der Waals surface area contributed by atoms with E-state index in [1.54, 1.807) is 37.8 Å². The lowest BCUT2D eigenvalue weighted by Crippen LogP contribution is -2.23. The van der Waals surface area contributed by atoms with Crippen molar-refractivity contribution in [3.8, 4) is 11.5 Å². The van der Waals surface area contributed by atoms with Gasteiger partial charge in [-0.3, -0.25) is 4.79 Å². The molecule has 1 N–H and O–H groups in total. The number of halogens is 1. The second kappa shape index (κ2) is 10.7. The van der Waals surface area contributed by atoms with Crippen LogP contribution >= 0.6 is 11.6 Å². The predicted molar refractivity (Wildman–Crippen MR) is 128 cm³/mol. The fourth-order valence-corrected chi connectivity index (χ4v) is 3.63. The largest absolute Gasteiger partial charge is 0.493 e. The van der Waals surface area contributed by atoms with E-state index >= 15 is 0 Å². The summed E-state index contributed by atoms with van der Waals surface area (Å²) in [6.45, 7) is 1.41. The molecule has 0 saturated heterocycles. The molecule has 33 heavy (non-hydrogen) atoms. The maximum Gasteiger partial charge on any atom is 0.251 e. The van der Waals surface area contributed by atoms with Crippen molar-refractivity contribution in [2.24, 2.45) is 0 Å². The number of nitrogens with one attached hydrogen (secondary N) is 1. The average molecular weight is 462 g/mol. The van der Waals surface area contributed by atoms with Crippen molar-refractivity contribution in [1.82, 2.24) is 14.9 Å². The van der Waals surface area contributed by atoms with Gasteiger partial charge in [0, 0.05) is 41.6 Å². The number of nitrogens with zero attached hydrogens (tertiary/aromatic N) is 2. The predicted octanol–water partition coefficient (Wildman–Crippen LogP) is 5.10. The van der Waals surface area contributed by atoms with Gasteiger partial charge in [-0.1, -0.05) is 54.1 Å². The number of methoxy groups -OCH3 is 1. The molecule has 1 amide bonds. The number of aromatic nitrogens is 2. The first-order valence-corrected chi connectivity index (χ1v) is 10.9. The van der Waals surface area contributed by atoms with Crippen LogP contribution in [0.5, 0.6) is 11.5 Å². The number of rotatable bonds is 9. The van der Waals surface area contributed by atoms with Gasteiger partial charge in [-0.2, -0.15) is 0 Å². The molecule has 4 aromatic rings. The molecular formula is C26H24ClN3O3. The molecule has 4 rings (SSSR count). The second-order valence-corrected chi connectivity index (χ2v) is 7.84. The number of amides is 1. The molecule has 0 fully saturated rings. The number of carbonyl (C=O) groups is 1. The van der Waals surface area contributed by atoms with Gasteiger partial charge in [-0.05, 0) is 35.4 Å². The monoisotopic (exact) mass is 461 g/mol. The summed E-state index contributed by atoms with van der Waals surface area (Å²) in [6.07, 6.45) is 5.44. The zero-order chi connectivity index (χ0) is 23.0. The third-order valence-corrected chi connectivity index (χ3v) is 5.61. The Hall–Kier alpha value is -3.77. The molecule has 0 aliphatic rings. The first-order chi connectivity index (χ1) is 16.1. The summed E-state index contributed by atoms with van der Waals surface area (Å²) in [5.74, 6) is 0.832. The van der Waals surface area contributed by atoms with Crippen LogP contribution in [-0.2, 0) is 19.7 Å². The lowest BCUT2D eigenvalue weighted by molar-refractivity contribution is 0.0950. The summed E-state index contributed by atoms with van der Waals surface area (Å²) in [5, 5.41) is 3.63. The van der Waals surface area contributed by atoms with Gasteiger partial charge < -0.3 is 19.4 Å². The van der Waals surface area contributed by atoms with Gasteiger partial charge >= 0.3 is 0 Å². The molecule has 0 saturated carbocycles. The molecular weight excluding hydrogens is 438 g/mol. The van der Waals surface area contributed by atoms with E-state index in [0.29, 0.717) is 41.8 Å². The van der Waals surface area contributed by atoms with E-state index in [9.17, 15) is 4.79 Å². The Morgan fingerprint density at radius 2 is 1.76 bits per heavy atom. The molecule has 0 atom stereocenters. The highest BCUT2D eigenvalue weighted by molar-refractivity contribution is 6.31. The Kier molecular flexibility index (Phi) is 7.27. The van der Waals surface area contributed by atoms with E-state index in [-0.39, 0.29) is 5.91 Å². The topological polar surface area (TPSA) is 65.4 Å². The van der Waals surface area contributed by atoms with Crippen LogP contribution < -0.4 is 14.8 Å². The molecule has 0 aliphatic carbocycles. The molecule has 6 nitrogen and oxygen atoms in total. The molecule has 7 heteroatoms. The minimum atomic E-state index is -0.191. The first kappa shape index (κ1) is 22.4. The van der Waals surface area contributed by atoms with E-state index in [4.69, 9.17) is 21.1 Å². The van der Waals surface area contributed by atoms with E-state index < -0.39 is 0 Å². The van der Waals surface area contributed by atoms with Gasteiger partial charge in [-0.25, -0.2) is 4.98 Å². The Balaban J connectivity index is 1.41. The summed E-state index contributed by atoms with van der Waals surface area (Å²) in [7, 11) is 1.55. The lowest BCUT2D eigenvalue weighted by atomic mass is 10.1. The third-order valence-electron chi connectivity index (χ3n) is 5.24. The van der Waals surface area contributed by atoms with Crippen molar-refractivity contribution in [2.45, 2.75) is 19.7 Å². The van der Waals surface area contributed by atoms with Crippen LogP contribution in [0.25, 0.3) is 0 Å². The van der Waals surface area contributed by atoms with Gasteiger partial charge in [0.2, 0.25) is 0 Å². The zero-order valence-electron chi connectivity index (χ0n) is 18.2. The van der Waals surface area contributed by atoms with Crippen LogP contribution in [0.3, 0.4) is 0 Å². The van der Waals surface area contributed by atoms with Crippen molar-refractivity contribution < 1.29 is 14.3 Å².